The minimum Gasteiger partial charge on any atom is -0.369 e. The number of benzene rings is 1. The molecule has 0 atom stereocenters. The molecule has 1 aliphatic rings. The first-order valence-electron chi connectivity index (χ1n) is 6.70. The summed E-state index contributed by atoms with van der Waals surface area (Å²) < 4.78 is 0. The Morgan fingerprint density at radius 1 is 1.30 bits per heavy atom. The summed E-state index contributed by atoms with van der Waals surface area (Å²) in [4.78, 5) is 13.3. The number of nitrogens with one attached hydrogen (secondary N) is 2. The molecule has 0 aromatic heterocycles. The molecule has 2 rings (SSSR count). The number of nitrogens with zero attached hydrogens (tertiary/aromatic N) is 1. The van der Waals surface area contributed by atoms with Gasteiger partial charge in [0, 0.05) is 20.0 Å². The van der Waals surface area contributed by atoms with Crippen molar-refractivity contribution in [2.75, 3.05) is 23.3 Å². The fourth-order valence-corrected chi connectivity index (χ4v) is 2.92. The van der Waals surface area contributed by atoms with Crippen molar-refractivity contribution in [2.24, 2.45) is 0 Å². The summed E-state index contributed by atoms with van der Waals surface area (Å²) in [7, 11) is 0. The first-order chi connectivity index (χ1) is 9.58. The van der Waals surface area contributed by atoms with Crippen molar-refractivity contribution in [3.8, 4) is 0 Å². The topological polar surface area (TPSA) is 44.4 Å². The fraction of sp³-hybridized carbons (Fsp3) is 0.429. The molecule has 2 N–H and O–H groups in total. The fourth-order valence-electron chi connectivity index (χ4n) is 2.37. The van der Waals surface area contributed by atoms with Crippen LogP contribution in [-0.2, 0) is 4.79 Å². The molecule has 20 heavy (non-hydrogen) atoms. The van der Waals surface area contributed by atoms with Crippen molar-refractivity contribution in [3.05, 3.63) is 23.2 Å². The minimum atomic E-state index is -0.191. The van der Waals surface area contributed by atoms with Crippen LogP contribution in [0.15, 0.2) is 18.2 Å². The lowest BCUT2D eigenvalue weighted by Gasteiger charge is -2.31. The number of halogens is 1. The van der Waals surface area contributed by atoms with Gasteiger partial charge in [-0.3, -0.25) is 4.79 Å². The summed E-state index contributed by atoms with van der Waals surface area (Å²) in [5, 5.41) is 6.60. The normalized spacial score (nSPS) is 14.8. The molecular weight excluding hydrogens is 294 g/mol. The Bertz CT molecular complexity index is 515. The van der Waals surface area contributed by atoms with Gasteiger partial charge >= 0.3 is 0 Å². The van der Waals surface area contributed by atoms with Crippen LogP contribution >= 0.6 is 23.8 Å². The van der Waals surface area contributed by atoms with Gasteiger partial charge in [-0.25, -0.2) is 0 Å². The molecule has 1 amide bonds. The summed E-state index contributed by atoms with van der Waals surface area (Å²) in [6, 6.07) is 5.66. The number of anilines is 2. The van der Waals surface area contributed by atoms with Crippen molar-refractivity contribution in [3.63, 3.8) is 0 Å². The molecule has 1 aromatic carbocycles. The van der Waals surface area contributed by atoms with Gasteiger partial charge in [0.05, 0.1) is 16.4 Å². The highest BCUT2D eigenvalue weighted by molar-refractivity contribution is 7.80. The van der Waals surface area contributed by atoms with Gasteiger partial charge in [-0.1, -0.05) is 17.7 Å². The van der Waals surface area contributed by atoms with Crippen LogP contribution in [0.1, 0.15) is 26.2 Å². The average molecular weight is 312 g/mol. The predicted octanol–water partition coefficient (Wildman–Crippen LogP) is 3.16. The van der Waals surface area contributed by atoms with Gasteiger partial charge in [-0.2, -0.15) is 0 Å². The van der Waals surface area contributed by atoms with Gasteiger partial charge in [-0.05, 0) is 43.6 Å². The van der Waals surface area contributed by atoms with E-state index < -0.39 is 0 Å². The number of hydrogen-bond donors (Lipinski definition) is 2. The van der Waals surface area contributed by atoms with Crippen LogP contribution in [0.2, 0.25) is 5.02 Å². The van der Waals surface area contributed by atoms with Crippen molar-refractivity contribution in [2.45, 2.75) is 26.2 Å². The first-order valence-corrected chi connectivity index (χ1v) is 7.48. The Morgan fingerprint density at radius 2 is 2.00 bits per heavy atom. The molecule has 0 saturated carbocycles. The molecule has 0 radical (unpaired) electrons. The average Bonchev–Trinajstić information content (AvgIpc) is 2.39. The lowest BCUT2D eigenvalue weighted by atomic mass is 10.1. The van der Waals surface area contributed by atoms with E-state index in [4.69, 9.17) is 23.8 Å². The molecule has 1 aliphatic heterocycles. The van der Waals surface area contributed by atoms with Gasteiger partial charge in [0.25, 0.3) is 0 Å². The van der Waals surface area contributed by atoms with Crippen LogP contribution in [0.4, 0.5) is 11.4 Å². The third-order valence-electron chi connectivity index (χ3n) is 3.20. The molecule has 6 heteroatoms. The molecular formula is C14H18ClN3OS. The maximum atomic E-state index is 11.0. The Hall–Kier alpha value is -1.33. The monoisotopic (exact) mass is 311 g/mol. The second kappa shape index (κ2) is 6.90. The largest absolute Gasteiger partial charge is 0.369 e. The summed E-state index contributed by atoms with van der Waals surface area (Å²) >= 11 is 11.5. The predicted molar refractivity (Wildman–Crippen MR) is 87.6 cm³/mol. The van der Waals surface area contributed by atoms with Gasteiger partial charge in [0.2, 0.25) is 5.91 Å². The SMILES string of the molecule is CC(=O)NC(=S)Nc1cccc(Cl)c1N1CCCCC1. The van der Waals surface area contributed by atoms with E-state index in [1.54, 1.807) is 0 Å². The lowest BCUT2D eigenvalue weighted by molar-refractivity contribution is -0.117. The molecule has 4 nitrogen and oxygen atoms in total. The molecule has 1 fully saturated rings. The van der Waals surface area contributed by atoms with Crippen LogP contribution in [-0.4, -0.2) is 24.1 Å². The van der Waals surface area contributed by atoms with E-state index >= 15 is 0 Å². The van der Waals surface area contributed by atoms with E-state index in [2.05, 4.69) is 15.5 Å². The van der Waals surface area contributed by atoms with E-state index in [0.29, 0.717) is 5.02 Å². The second-order valence-corrected chi connectivity index (χ2v) is 5.63. The summed E-state index contributed by atoms with van der Waals surface area (Å²) in [6.45, 7) is 3.41. The van der Waals surface area contributed by atoms with Crippen LogP contribution in [0, 0.1) is 0 Å². The molecule has 0 unspecified atom stereocenters. The van der Waals surface area contributed by atoms with E-state index in [-0.39, 0.29) is 11.0 Å². The maximum Gasteiger partial charge on any atom is 0.222 e. The second-order valence-electron chi connectivity index (χ2n) is 4.82. The van der Waals surface area contributed by atoms with Crippen LogP contribution in [0.5, 0.6) is 0 Å². The number of hydrogen-bond acceptors (Lipinski definition) is 3. The molecule has 1 aromatic rings. The Labute approximate surface area is 129 Å². The lowest BCUT2D eigenvalue weighted by Crippen LogP contribution is -2.34. The van der Waals surface area contributed by atoms with Gasteiger partial charge in [-0.15, -0.1) is 0 Å². The van der Waals surface area contributed by atoms with Gasteiger partial charge in [0.15, 0.2) is 5.11 Å². The van der Waals surface area contributed by atoms with E-state index in [1.807, 2.05) is 18.2 Å². The highest BCUT2D eigenvalue weighted by atomic mass is 35.5. The Kier molecular flexibility index (Phi) is 5.20. The zero-order valence-electron chi connectivity index (χ0n) is 11.4. The standard InChI is InChI=1S/C14H18ClN3OS/c1-10(19)16-14(20)17-12-7-5-6-11(15)13(12)18-8-3-2-4-9-18/h5-7H,2-4,8-9H2,1H3,(H2,16,17,19,20). The van der Waals surface area contributed by atoms with Crippen molar-refractivity contribution < 1.29 is 4.79 Å². The number of para-hydroxylation sites is 1. The molecule has 1 heterocycles. The van der Waals surface area contributed by atoms with Crippen LogP contribution in [0.25, 0.3) is 0 Å². The Morgan fingerprint density at radius 3 is 2.65 bits per heavy atom. The van der Waals surface area contributed by atoms with Crippen molar-refractivity contribution in [1.82, 2.24) is 5.32 Å². The minimum absolute atomic E-state index is 0.191. The highest BCUT2D eigenvalue weighted by Crippen LogP contribution is 2.35. The third-order valence-corrected chi connectivity index (χ3v) is 3.71. The highest BCUT2D eigenvalue weighted by Gasteiger charge is 2.18. The summed E-state index contributed by atoms with van der Waals surface area (Å²) in [6.07, 6.45) is 3.59. The van der Waals surface area contributed by atoms with Crippen molar-refractivity contribution in [1.29, 1.82) is 0 Å². The van der Waals surface area contributed by atoms with E-state index in [9.17, 15) is 4.79 Å². The maximum absolute atomic E-state index is 11.0. The number of amides is 1. The molecule has 1 saturated heterocycles. The number of carbonyl (C=O) groups is 1. The summed E-state index contributed by atoms with van der Waals surface area (Å²) in [5.41, 5.74) is 1.79. The first kappa shape index (κ1) is 15.1. The number of thiocarbonyl (C=S) groups is 1. The quantitative estimate of drug-likeness (QED) is 0.824. The summed E-state index contributed by atoms with van der Waals surface area (Å²) in [5.74, 6) is -0.191. The zero-order valence-corrected chi connectivity index (χ0v) is 13.0. The molecule has 0 bridgehead atoms. The Balaban J connectivity index is 2.21. The molecule has 0 aliphatic carbocycles. The third kappa shape index (κ3) is 3.84. The van der Waals surface area contributed by atoms with Crippen molar-refractivity contribution >= 4 is 46.2 Å². The van der Waals surface area contributed by atoms with E-state index in [0.717, 1.165) is 24.5 Å². The van der Waals surface area contributed by atoms with Gasteiger partial charge in [0.1, 0.15) is 0 Å². The number of rotatable bonds is 2. The number of carbonyl (C=O) groups excluding carboxylic acids is 1. The van der Waals surface area contributed by atoms with Crippen LogP contribution in [0.3, 0.4) is 0 Å². The zero-order chi connectivity index (χ0) is 14.5. The van der Waals surface area contributed by atoms with Crippen LogP contribution < -0.4 is 15.5 Å². The molecule has 0 spiro atoms. The molecule has 108 valence electrons. The van der Waals surface area contributed by atoms with Gasteiger partial charge < -0.3 is 15.5 Å². The van der Waals surface area contributed by atoms with E-state index in [1.165, 1.54) is 26.2 Å². The number of piperidine rings is 1. The smallest absolute Gasteiger partial charge is 0.222 e.